The SMILES string of the molecule is CN1Cc2c([nH]c3ccccc3c2=O)[C@H]1c1ccc2c(c1)CCO2.O=c1c2c([nH]c3ccccc13)[C@@H](c1ccc3c(c1)CCO3)NC2.[I-].[I][V]([I])[I]. The molecule has 0 aliphatic carbocycles. The maximum atomic E-state index is 12.9. The van der Waals surface area contributed by atoms with E-state index in [0.29, 0.717) is 13.1 Å². The zero-order valence-corrected chi connectivity index (χ0v) is 38.0. The summed E-state index contributed by atoms with van der Waals surface area (Å²) in [4.78, 5) is 34.5. The summed E-state index contributed by atoms with van der Waals surface area (Å²) in [6.45, 7) is 2.80. The van der Waals surface area contributed by atoms with Gasteiger partial charge in [0.05, 0.1) is 25.3 Å². The van der Waals surface area contributed by atoms with Gasteiger partial charge in [0.25, 0.3) is 0 Å². The molecule has 10 rings (SSSR count). The molecule has 0 spiro atoms. The molecule has 0 saturated heterocycles. The Morgan fingerprint density at radius 1 is 0.712 bits per heavy atom. The first-order valence-electron chi connectivity index (χ1n) is 16.8. The molecular formula is C39H34I4N4O4V-. The molecular weight excluding hydrogens is 1150 g/mol. The van der Waals surface area contributed by atoms with Crippen LogP contribution < -0.4 is 49.6 Å². The van der Waals surface area contributed by atoms with Crippen molar-refractivity contribution in [2.45, 2.75) is 38.0 Å². The van der Waals surface area contributed by atoms with E-state index in [-0.39, 0.29) is 51.8 Å². The van der Waals surface area contributed by atoms with Gasteiger partial charge in [0.15, 0.2) is 10.9 Å². The third-order valence-corrected chi connectivity index (χ3v) is 10.0. The third kappa shape index (κ3) is 7.60. The van der Waals surface area contributed by atoms with Gasteiger partial charge in [0, 0.05) is 70.3 Å². The summed E-state index contributed by atoms with van der Waals surface area (Å²) in [5.74, 6) is 1.98. The normalized spacial score (nSPS) is 17.9. The molecule has 0 radical (unpaired) electrons. The summed E-state index contributed by atoms with van der Waals surface area (Å²) < 4.78 is 11.2. The second-order valence-electron chi connectivity index (χ2n) is 13.0. The number of hydrogen-bond acceptors (Lipinski definition) is 6. The number of halogens is 4. The van der Waals surface area contributed by atoms with Crippen molar-refractivity contribution < 1.29 is 38.4 Å². The van der Waals surface area contributed by atoms with Gasteiger partial charge in [0.2, 0.25) is 0 Å². The summed E-state index contributed by atoms with van der Waals surface area (Å²) in [5, 5.41) is 5.00. The van der Waals surface area contributed by atoms with Crippen LogP contribution in [0.5, 0.6) is 11.5 Å². The number of benzene rings is 4. The Kier molecular flexibility index (Phi) is 12.3. The van der Waals surface area contributed by atoms with Gasteiger partial charge < -0.3 is 48.7 Å². The van der Waals surface area contributed by atoms with E-state index in [4.69, 9.17) is 9.47 Å². The molecule has 0 amide bonds. The molecule has 0 fully saturated rings. The second-order valence-corrected chi connectivity index (χ2v) is 48.4. The number of pyridine rings is 2. The molecule has 0 unspecified atom stereocenters. The Hall–Kier alpha value is -1.68. The van der Waals surface area contributed by atoms with Gasteiger partial charge in [0.1, 0.15) is 11.5 Å². The zero-order chi connectivity index (χ0) is 35.2. The summed E-state index contributed by atoms with van der Waals surface area (Å²) >= 11 is 7.39. The summed E-state index contributed by atoms with van der Waals surface area (Å²) in [6.07, 6.45) is 1.91. The Balaban J connectivity index is 0.000000145. The van der Waals surface area contributed by atoms with Crippen molar-refractivity contribution in [2.75, 3.05) is 20.3 Å². The first-order valence-corrected chi connectivity index (χ1v) is 30.3. The standard InChI is InChI=1S/C20H18N2O2.C19H16N2O2.4HI.V/c1-22-11-15-18(21-16-5-3-2-4-14(16)20(15)23)19(22)13-6-7-17-12(10-13)8-9-24-17;22-19-13-3-1-2-4-15(13)21-18-14(19)10-20-17(18)12-5-6-16-11(9-12)7-8-23-16;;;;;/h2-7,10,19H,8-9,11H2,1H3,(H,21,23);1-6,9,17,20H,7-8,10H2,(H,21,22);4*1H;/q;;;;;;+3/p-4/t19-;17-;;;;;/m11...../s1. The average Bonchev–Trinajstić information content (AvgIpc) is 3.94. The number of aromatic nitrogens is 2. The number of para-hydroxylation sites is 2. The molecule has 13 heteroatoms. The second kappa shape index (κ2) is 16.6. The van der Waals surface area contributed by atoms with Crippen LogP contribution in [0, 0.1) is 0 Å². The van der Waals surface area contributed by atoms with E-state index in [9.17, 15) is 9.59 Å². The van der Waals surface area contributed by atoms with Crippen LogP contribution in [0.15, 0.2) is 94.5 Å². The minimum atomic E-state index is -0.278. The maximum absolute atomic E-state index is 12.9. The predicted octanol–water partition coefficient (Wildman–Crippen LogP) is 5.31. The van der Waals surface area contributed by atoms with Crippen LogP contribution in [0.4, 0.5) is 0 Å². The van der Waals surface area contributed by atoms with Crippen LogP contribution in [0.1, 0.15) is 56.9 Å². The Labute approximate surface area is 355 Å². The number of H-pyrrole nitrogens is 2. The van der Waals surface area contributed by atoms with Crippen LogP contribution in [0.2, 0.25) is 0 Å². The minimum absolute atomic E-state index is 0. The molecule has 3 N–H and O–H groups in total. The van der Waals surface area contributed by atoms with Crippen molar-refractivity contribution in [3.63, 3.8) is 0 Å². The van der Waals surface area contributed by atoms with E-state index in [1.54, 1.807) is 0 Å². The predicted molar refractivity (Wildman–Crippen MR) is 224 cm³/mol. The van der Waals surface area contributed by atoms with Gasteiger partial charge in [-0.3, -0.25) is 14.5 Å². The molecule has 52 heavy (non-hydrogen) atoms. The number of ether oxygens (including phenoxy) is 2. The van der Waals surface area contributed by atoms with Crippen molar-refractivity contribution in [1.82, 2.24) is 20.2 Å². The number of hydrogen-bond donors (Lipinski definition) is 3. The third-order valence-electron chi connectivity index (χ3n) is 10.0. The number of fused-ring (bicyclic) bond motifs is 6. The van der Waals surface area contributed by atoms with Crippen LogP contribution in [-0.4, -0.2) is 35.1 Å². The van der Waals surface area contributed by atoms with E-state index < -0.39 is 0 Å². The number of aromatic amines is 2. The number of nitrogens with one attached hydrogen (secondary N) is 3. The summed E-state index contributed by atoms with van der Waals surface area (Å²) in [5.41, 5.74) is 10.8. The van der Waals surface area contributed by atoms with E-state index in [0.717, 1.165) is 81.9 Å². The first-order chi connectivity index (χ1) is 24.8. The van der Waals surface area contributed by atoms with Gasteiger partial charge in [-0.2, -0.15) is 0 Å². The topological polar surface area (TPSA) is 99.5 Å². The Morgan fingerprint density at radius 3 is 1.85 bits per heavy atom. The average molecular weight is 1180 g/mol. The van der Waals surface area contributed by atoms with Gasteiger partial charge in [-0.05, 0) is 65.7 Å². The van der Waals surface area contributed by atoms with Crippen molar-refractivity contribution in [3.8, 4) is 11.5 Å². The van der Waals surface area contributed by atoms with Crippen molar-refractivity contribution in [3.05, 3.63) is 150 Å². The molecule has 0 bridgehead atoms. The van der Waals surface area contributed by atoms with Gasteiger partial charge in [-0.1, -0.05) is 48.5 Å². The van der Waals surface area contributed by atoms with Crippen molar-refractivity contribution >= 4 is 81.7 Å². The molecule has 6 heterocycles. The molecule has 2 atom stereocenters. The quantitative estimate of drug-likeness (QED) is 0.204. The molecule has 8 nitrogen and oxygen atoms in total. The molecule has 2 aromatic heterocycles. The van der Waals surface area contributed by atoms with Crippen molar-refractivity contribution in [1.29, 1.82) is 0 Å². The Morgan fingerprint density at radius 2 is 1.23 bits per heavy atom. The van der Waals surface area contributed by atoms with E-state index in [1.165, 1.54) is 22.3 Å². The van der Waals surface area contributed by atoms with Gasteiger partial charge in [-0.25, -0.2) is 0 Å². The van der Waals surface area contributed by atoms with Crippen LogP contribution in [0.25, 0.3) is 21.8 Å². The van der Waals surface area contributed by atoms with Gasteiger partial charge in [-0.15, -0.1) is 0 Å². The van der Waals surface area contributed by atoms with E-state index in [1.807, 2.05) is 54.6 Å². The molecule has 4 aliphatic rings. The number of rotatable bonds is 2. The molecule has 4 aliphatic heterocycles. The van der Waals surface area contributed by atoms with Gasteiger partial charge >= 0.3 is 64.9 Å². The first kappa shape index (κ1) is 38.6. The van der Waals surface area contributed by atoms with Crippen LogP contribution in [0.3, 0.4) is 0 Å². The fraction of sp³-hybridized carbons (Fsp3) is 0.231. The summed E-state index contributed by atoms with van der Waals surface area (Å²) in [7, 11) is 2.08. The molecule has 268 valence electrons. The summed E-state index contributed by atoms with van der Waals surface area (Å²) in [6, 6.07) is 28.3. The van der Waals surface area contributed by atoms with Crippen molar-refractivity contribution in [2.24, 2.45) is 0 Å². The van der Waals surface area contributed by atoms with E-state index in [2.05, 4.69) is 118 Å². The van der Waals surface area contributed by atoms with E-state index >= 15 is 0 Å². The van der Waals surface area contributed by atoms with Crippen LogP contribution in [-0.2, 0) is 30.9 Å². The van der Waals surface area contributed by atoms with Crippen LogP contribution >= 0.6 is 59.9 Å². The molecule has 0 saturated carbocycles. The fourth-order valence-electron chi connectivity index (χ4n) is 7.74. The molecule has 6 aromatic rings. The fourth-order valence-corrected chi connectivity index (χ4v) is 7.74. The monoisotopic (exact) mass is 1180 g/mol. The molecule has 4 aromatic carbocycles. The Bertz CT molecular complexity index is 2420. The zero-order valence-electron chi connectivity index (χ0n) is 28.0. The number of nitrogens with zero attached hydrogens (tertiary/aromatic N) is 1.